The zero-order chi connectivity index (χ0) is 25.6. The third-order valence-corrected chi connectivity index (χ3v) is 5.69. The van der Waals surface area contributed by atoms with Gasteiger partial charge < -0.3 is 25.4 Å². The number of aliphatic hydroxyl groups excluding tert-OH is 2. The van der Waals surface area contributed by atoms with E-state index in [-0.39, 0.29) is 26.1 Å². The van der Waals surface area contributed by atoms with Crippen LogP contribution in [0.15, 0.2) is 66.7 Å². The highest BCUT2D eigenvalue weighted by molar-refractivity contribution is 6.31. The summed E-state index contributed by atoms with van der Waals surface area (Å²) in [5.74, 6) is 1.32. The molecule has 0 radical (unpaired) electrons. The van der Waals surface area contributed by atoms with E-state index in [9.17, 15) is 18.3 Å². The molecule has 3 aromatic rings. The van der Waals surface area contributed by atoms with Crippen LogP contribution in [-0.4, -0.2) is 22.9 Å². The van der Waals surface area contributed by atoms with Crippen molar-refractivity contribution in [2.45, 2.75) is 44.2 Å². The van der Waals surface area contributed by atoms with Gasteiger partial charge in [0.2, 0.25) is 0 Å². The van der Waals surface area contributed by atoms with Gasteiger partial charge >= 0.3 is 6.18 Å². The van der Waals surface area contributed by atoms with Crippen LogP contribution in [0.5, 0.6) is 17.2 Å². The fourth-order valence-corrected chi connectivity index (χ4v) is 4.03. The molecule has 4 N–H and O–H groups in total. The van der Waals surface area contributed by atoms with Crippen LogP contribution in [0.3, 0.4) is 0 Å². The van der Waals surface area contributed by atoms with Gasteiger partial charge in [-0.15, -0.1) is 0 Å². The largest absolute Gasteiger partial charge is 0.489 e. The van der Waals surface area contributed by atoms with Crippen molar-refractivity contribution >= 4 is 11.6 Å². The molecule has 0 saturated heterocycles. The van der Waals surface area contributed by atoms with Crippen LogP contribution < -0.4 is 15.2 Å². The molecule has 3 aromatic carbocycles. The van der Waals surface area contributed by atoms with Crippen LogP contribution in [0.4, 0.5) is 13.2 Å². The Labute approximate surface area is 206 Å². The number of nitrogens with two attached hydrogens (primary N) is 1. The molecule has 2 unspecified atom stereocenters. The summed E-state index contributed by atoms with van der Waals surface area (Å²) in [6.45, 7) is 1.58. The summed E-state index contributed by atoms with van der Waals surface area (Å²) in [5, 5.41) is 19.4. The molecule has 0 fully saturated rings. The third-order valence-electron chi connectivity index (χ3n) is 5.38. The molecule has 2 atom stereocenters. The Morgan fingerprint density at radius 3 is 2.34 bits per heavy atom. The Morgan fingerprint density at radius 1 is 0.971 bits per heavy atom. The standard InChI is InChI=1S/C26H27ClF3NO4/c1-25(31,15-19(33)10-11-32)23-9-8-22(14-24(23)27)35-21-7-3-6-20(13-21)34-16-17-4-2-5-18(12-17)26(28,29)30/h2-9,12-14,19,32-33H,10-11,15-16,31H2,1H3. The zero-order valence-electron chi connectivity index (χ0n) is 19.1. The number of halogens is 4. The van der Waals surface area contributed by atoms with Gasteiger partial charge in [-0.25, -0.2) is 0 Å². The van der Waals surface area contributed by atoms with Crippen LogP contribution in [0.25, 0.3) is 0 Å². The van der Waals surface area contributed by atoms with E-state index in [4.69, 9.17) is 31.9 Å². The highest BCUT2D eigenvalue weighted by atomic mass is 35.5. The van der Waals surface area contributed by atoms with Crippen molar-refractivity contribution in [3.63, 3.8) is 0 Å². The lowest BCUT2D eigenvalue weighted by atomic mass is 9.86. The maximum atomic E-state index is 12.9. The molecule has 0 aliphatic heterocycles. The summed E-state index contributed by atoms with van der Waals surface area (Å²) in [5.41, 5.74) is 5.73. The molecule has 0 aliphatic rings. The smallest absolute Gasteiger partial charge is 0.416 e. The predicted molar refractivity (Wildman–Crippen MR) is 128 cm³/mol. The highest BCUT2D eigenvalue weighted by Gasteiger charge is 2.30. The number of hydrogen-bond acceptors (Lipinski definition) is 5. The number of rotatable bonds is 10. The van der Waals surface area contributed by atoms with Gasteiger partial charge in [0.1, 0.15) is 23.9 Å². The first-order valence-corrected chi connectivity index (χ1v) is 11.3. The van der Waals surface area contributed by atoms with Crippen LogP contribution in [-0.2, 0) is 18.3 Å². The molecule has 188 valence electrons. The van der Waals surface area contributed by atoms with Gasteiger partial charge in [0.25, 0.3) is 0 Å². The van der Waals surface area contributed by atoms with Crippen LogP contribution >= 0.6 is 11.6 Å². The van der Waals surface area contributed by atoms with E-state index in [1.54, 1.807) is 55.5 Å². The molecular formula is C26H27ClF3NO4. The Hall–Kier alpha value is -2.78. The summed E-state index contributed by atoms with van der Waals surface area (Å²) in [6, 6.07) is 16.7. The second-order valence-corrected chi connectivity index (χ2v) is 8.90. The maximum Gasteiger partial charge on any atom is 0.416 e. The summed E-state index contributed by atoms with van der Waals surface area (Å²) < 4.78 is 50.2. The van der Waals surface area contributed by atoms with Crippen molar-refractivity contribution in [2.24, 2.45) is 5.73 Å². The van der Waals surface area contributed by atoms with Crippen LogP contribution in [0, 0.1) is 0 Å². The molecule has 35 heavy (non-hydrogen) atoms. The Bertz CT molecular complexity index is 1140. The molecular weight excluding hydrogens is 483 g/mol. The van der Waals surface area contributed by atoms with Gasteiger partial charge in [0.05, 0.1) is 11.7 Å². The van der Waals surface area contributed by atoms with E-state index < -0.39 is 23.4 Å². The van der Waals surface area contributed by atoms with E-state index in [1.807, 2.05) is 0 Å². The van der Waals surface area contributed by atoms with E-state index in [0.717, 1.165) is 12.1 Å². The second-order valence-electron chi connectivity index (χ2n) is 8.49. The normalized spacial score (nSPS) is 14.3. The summed E-state index contributed by atoms with van der Waals surface area (Å²) in [4.78, 5) is 0. The van der Waals surface area contributed by atoms with E-state index >= 15 is 0 Å². The molecule has 0 heterocycles. The fourth-order valence-electron chi connectivity index (χ4n) is 3.64. The number of benzene rings is 3. The van der Waals surface area contributed by atoms with Gasteiger partial charge in [0, 0.05) is 23.2 Å². The lowest BCUT2D eigenvalue weighted by Crippen LogP contribution is -2.37. The van der Waals surface area contributed by atoms with E-state index in [2.05, 4.69) is 0 Å². The molecule has 0 aromatic heterocycles. The quantitative estimate of drug-likeness (QED) is 0.310. The molecule has 0 aliphatic carbocycles. The fraction of sp³-hybridized carbons (Fsp3) is 0.308. The van der Waals surface area contributed by atoms with Crippen molar-refractivity contribution in [1.82, 2.24) is 0 Å². The van der Waals surface area contributed by atoms with Gasteiger partial charge in [0.15, 0.2) is 0 Å². The van der Waals surface area contributed by atoms with Crippen molar-refractivity contribution in [3.05, 3.63) is 88.4 Å². The van der Waals surface area contributed by atoms with Crippen molar-refractivity contribution in [3.8, 4) is 17.2 Å². The first-order valence-electron chi connectivity index (χ1n) is 10.9. The van der Waals surface area contributed by atoms with Crippen LogP contribution in [0.1, 0.15) is 36.5 Å². The van der Waals surface area contributed by atoms with Gasteiger partial charge in [-0.3, -0.25) is 0 Å². The molecule has 0 spiro atoms. The highest BCUT2D eigenvalue weighted by Crippen LogP contribution is 2.35. The molecule has 0 bridgehead atoms. The first-order chi connectivity index (χ1) is 16.5. The third kappa shape index (κ3) is 7.60. The molecule has 3 rings (SSSR count). The van der Waals surface area contributed by atoms with Crippen molar-refractivity contribution in [1.29, 1.82) is 0 Å². The topological polar surface area (TPSA) is 84.9 Å². The molecule has 0 saturated carbocycles. The van der Waals surface area contributed by atoms with Crippen LogP contribution in [0.2, 0.25) is 5.02 Å². The van der Waals surface area contributed by atoms with E-state index in [0.29, 0.717) is 33.4 Å². The average molecular weight is 510 g/mol. The minimum absolute atomic E-state index is 0.0366. The number of alkyl halides is 3. The van der Waals surface area contributed by atoms with Gasteiger partial charge in [-0.1, -0.05) is 35.9 Å². The first kappa shape index (κ1) is 26.8. The Morgan fingerprint density at radius 2 is 1.66 bits per heavy atom. The zero-order valence-corrected chi connectivity index (χ0v) is 19.8. The van der Waals surface area contributed by atoms with E-state index in [1.165, 1.54) is 6.07 Å². The number of hydrogen-bond donors (Lipinski definition) is 3. The van der Waals surface area contributed by atoms with Crippen molar-refractivity contribution in [2.75, 3.05) is 6.61 Å². The number of aliphatic hydroxyl groups is 2. The lowest BCUT2D eigenvalue weighted by molar-refractivity contribution is -0.137. The summed E-state index contributed by atoms with van der Waals surface area (Å²) >= 11 is 6.44. The lowest BCUT2D eigenvalue weighted by Gasteiger charge is -2.29. The minimum Gasteiger partial charge on any atom is -0.489 e. The SMILES string of the molecule is CC(N)(CC(O)CCO)c1ccc(Oc2cccc(OCc3cccc(C(F)(F)F)c3)c2)cc1Cl. The maximum absolute atomic E-state index is 12.9. The molecule has 0 amide bonds. The second kappa shape index (κ2) is 11.3. The Balaban J connectivity index is 1.67. The van der Waals surface area contributed by atoms with Crippen molar-refractivity contribution < 1.29 is 32.9 Å². The molecule has 5 nitrogen and oxygen atoms in total. The minimum atomic E-state index is -4.42. The predicted octanol–water partition coefficient (Wildman–Crippen LogP) is 6.04. The summed E-state index contributed by atoms with van der Waals surface area (Å²) in [7, 11) is 0. The molecule has 9 heteroatoms. The number of ether oxygens (including phenoxy) is 2. The van der Waals surface area contributed by atoms with Gasteiger partial charge in [-0.2, -0.15) is 13.2 Å². The monoisotopic (exact) mass is 509 g/mol. The Kier molecular flexibility index (Phi) is 8.66. The summed E-state index contributed by atoms with van der Waals surface area (Å²) in [6.07, 6.45) is -4.74. The van der Waals surface area contributed by atoms with Gasteiger partial charge in [-0.05, 0) is 67.3 Å². The average Bonchev–Trinajstić information content (AvgIpc) is 2.77.